The second kappa shape index (κ2) is 9.65. The lowest BCUT2D eigenvalue weighted by molar-refractivity contribution is -0.136. The van der Waals surface area contributed by atoms with Crippen LogP contribution in [-0.2, 0) is 22.4 Å². The van der Waals surface area contributed by atoms with E-state index in [-0.39, 0.29) is 23.3 Å². The van der Waals surface area contributed by atoms with Crippen LogP contribution in [0.5, 0.6) is 0 Å². The first-order valence-electron chi connectivity index (χ1n) is 11.7. The molecule has 6 heteroatoms. The summed E-state index contributed by atoms with van der Waals surface area (Å²) < 4.78 is 5.36. The maximum Gasteiger partial charge on any atom is 0.229 e. The summed E-state index contributed by atoms with van der Waals surface area (Å²) >= 11 is 0. The maximum absolute atomic E-state index is 13.2. The standard InChI is InChI=1S/C26H40N4O2/c1-16(2)23(15-32-8)30(7)25(31)19-10-9-18-13-22(27-21(18)14-19)24-20(17(3)28-29-24)11-12-26(4,5)6/h9-10,13,16,19,23,27H,11-12,14-15H2,1-8H3,(H,28,29). The van der Waals surface area contributed by atoms with Crippen LogP contribution >= 0.6 is 0 Å². The van der Waals surface area contributed by atoms with Crippen LogP contribution in [0.2, 0.25) is 0 Å². The third-order valence-electron chi connectivity index (χ3n) is 6.59. The fourth-order valence-electron chi connectivity index (χ4n) is 4.46. The molecular weight excluding hydrogens is 400 g/mol. The third-order valence-corrected chi connectivity index (χ3v) is 6.59. The molecule has 2 aromatic rings. The highest BCUT2D eigenvalue weighted by Crippen LogP contribution is 2.32. The highest BCUT2D eigenvalue weighted by atomic mass is 16.5. The van der Waals surface area contributed by atoms with Crippen molar-refractivity contribution in [1.29, 1.82) is 0 Å². The molecule has 1 amide bonds. The van der Waals surface area contributed by atoms with E-state index in [1.165, 1.54) is 5.56 Å². The summed E-state index contributed by atoms with van der Waals surface area (Å²) in [5, 5.41) is 7.77. The number of H-pyrrole nitrogens is 2. The van der Waals surface area contributed by atoms with Crippen molar-refractivity contribution in [2.75, 3.05) is 20.8 Å². The first kappa shape index (κ1) is 24.3. The molecule has 6 nitrogen and oxygen atoms in total. The van der Waals surface area contributed by atoms with Crippen molar-refractivity contribution >= 4 is 12.0 Å². The van der Waals surface area contributed by atoms with Gasteiger partial charge in [0.1, 0.15) is 5.69 Å². The summed E-state index contributed by atoms with van der Waals surface area (Å²) in [6.45, 7) is 13.7. The molecule has 2 aromatic heterocycles. The first-order chi connectivity index (χ1) is 15.0. The number of aryl methyl sites for hydroxylation is 1. The second-order valence-electron chi connectivity index (χ2n) is 10.7. The van der Waals surface area contributed by atoms with Crippen LogP contribution in [0.15, 0.2) is 12.1 Å². The van der Waals surface area contributed by atoms with Gasteiger partial charge in [-0.3, -0.25) is 9.89 Å². The largest absolute Gasteiger partial charge is 0.383 e. The number of carbonyl (C=O) groups excluding carboxylic acids is 1. The molecule has 2 atom stereocenters. The summed E-state index contributed by atoms with van der Waals surface area (Å²) in [4.78, 5) is 18.7. The molecule has 0 bridgehead atoms. The van der Waals surface area contributed by atoms with Crippen LogP contribution in [0, 0.1) is 24.2 Å². The fraction of sp³-hybridized carbons (Fsp3) is 0.615. The molecule has 0 spiro atoms. The van der Waals surface area contributed by atoms with Crippen LogP contribution in [0.4, 0.5) is 0 Å². The average molecular weight is 441 g/mol. The van der Waals surface area contributed by atoms with Crippen LogP contribution in [0.3, 0.4) is 0 Å². The lowest BCUT2D eigenvalue weighted by Crippen LogP contribution is -2.46. The van der Waals surface area contributed by atoms with Gasteiger partial charge in [-0.05, 0) is 42.7 Å². The zero-order valence-corrected chi connectivity index (χ0v) is 21.0. The van der Waals surface area contributed by atoms with Gasteiger partial charge in [-0.15, -0.1) is 0 Å². The monoisotopic (exact) mass is 440 g/mol. The molecule has 0 aromatic carbocycles. The average Bonchev–Trinajstić information content (AvgIpc) is 3.30. The number of aromatic nitrogens is 3. The van der Waals surface area contributed by atoms with Gasteiger partial charge in [0.2, 0.25) is 5.91 Å². The van der Waals surface area contributed by atoms with Crippen LogP contribution in [-0.4, -0.2) is 52.8 Å². The Balaban J connectivity index is 1.78. The minimum Gasteiger partial charge on any atom is -0.383 e. The van der Waals surface area contributed by atoms with E-state index < -0.39 is 0 Å². The Kier molecular flexibility index (Phi) is 7.33. The van der Waals surface area contributed by atoms with E-state index >= 15 is 0 Å². The summed E-state index contributed by atoms with van der Waals surface area (Å²) in [5.74, 6) is 0.303. The molecule has 0 aliphatic heterocycles. The van der Waals surface area contributed by atoms with Gasteiger partial charge in [-0.2, -0.15) is 5.10 Å². The minimum absolute atomic E-state index is 0.0684. The molecule has 1 aliphatic carbocycles. The quantitative estimate of drug-likeness (QED) is 0.606. The number of hydrogen-bond donors (Lipinski definition) is 2. The number of nitrogens with one attached hydrogen (secondary N) is 2. The molecule has 176 valence electrons. The van der Waals surface area contributed by atoms with Gasteiger partial charge in [0.05, 0.1) is 24.3 Å². The van der Waals surface area contributed by atoms with E-state index in [4.69, 9.17) is 4.74 Å². The molecular formula is C26H40N4O2. The number of fused-ring (bicyclic) bond motifs is 1. The molecule has 2 N–H and O–H groups in total. The number of aromatic amines is 2. The fourth-order valence-corrected chi connectivity index (χ4v) is 4.46. The van der Waals surface area contributed by atoms with Crippen molar-refractivity contribution in [3.63, 3.8) is 0 Å². The molecule has 2 unspecified atom stereocenters. The highest BCUT2D eigenvalue weighted by molar-refractivity contribution is 5.83. The van der Waals surface area contributed by atoms with E-state index in [1.807, 2.05) is 18.0 Å². The Hall–Kier alpha value is -2.34. The maximum atomic E-state index is 13.2. The molecule has 0 radical (unpaired) electrons. The number of ether oxygens (including phenoxy) is 1. The zero-order chi connectivity index (χ0) is 23.6. The van der Waals surface area contributed by atoms with Gasteiger partial charge >= 0.3 is 0 Å². The van der Waals surface area contributed by atoms with E-state index in [0.717, 1.165) is 41.2 Å². The van der Waals surface area contributed by atoms with Crippen LogP contribution < -0.4 is 0 Å². The molecule has 0 saturated heterocycles. The molecule has 0 saturated carbocycles. The molecule has 2 heterocycles. The molecule has 32 heavy (non-hydrogen) atoms. The van der Waals surface area contributed by atoms with Crippen LogP contribution in [0.1, 0.15) is 63.6 Å². The summed E-state index contributed by atoms with van der Waals surface area (Å²) in [7, 11) is 3.58. The Morgan fingerprint density at radius 3 is 2.69 bits per heavy atom. The Morgan fingerprint density at radius 2 is 2.06 bits per heavy atom. The van der Waals surface area contributed by atoms with Gasteiger partial charge in [-0.1, -0.05) is 46.8 Å². The van der Waals surface area contributed by atoms with Crippen molar-refractivity contribution in [2.24, 2.45) is 17.3 Å². The van der Waals surface area contributed by atoms with Gasteiger partial charge < -0.3 is 14.6 Å². The predicted octanol–water partition coefficient (Wildman–Crippen LogP) is 5.01. The smallest absolute Gasteiger partial charge is 0.229 e. The normalized spacial score (nSPS) is 17.0. The number of rotatable bonds is 8. The van der Waals surface area contributed by atoms with Gasteiger partial charge in [0, 0.05) is 37.5 Å². The van der Waals surface area contributed by atoms with Gasteiger partial charge in [-0.25, -0.2) is 0 Å². The zero-order valence-electron chi connectivity index (χ0n) is 21.0. The predicted molar refractivity (Wildman–Crippen MR) is 130 cm³/mol. The molecule has 1 aliphatic rings. The van der Waals surface area contributed by atoms with E-state index in [1.54, 1.807) is 7.11 Å². The van der Waals surface area contributed by atoms with E-state index in [2.05, 4.69) is 68.9 Å². The Labute approximate surface area is 192 Å². The second-order valence-corrected chi connectivity index (χ2v) is 10.7. The number of nitrogens with zero attached hydrogens (tertiary/aromatic N) is 2. The van der Waals surface area contributed by atoms with Crippen molar-refractivity contribution < 1.29 is 9.53 Å². The number of carbonyl (C=O) groups is 1. The Morgan fingerprint density at radius 1 is 1.34 bits per heavy atom. The van der Waals surface area contributed by atoms with Crippen molar-refractivity contribution in [3.8, 4) is 11.4 Å². The van der Waals surface area contributed by atoms with Crippen molar-refractivity contribution in [2.45, 2.75) is 66.8 Å². The first-order valence-corrected chi connectivity index (χ1v) is 11.7. The SMILES string of the molecule is COCC(C(C)C)N(C)C(=O)C1C=Cc2cc(-c3n[nH]c(C)c3CCC(C)(C)C)[nH]c2C1. The highest BCUT2D eigenvalue weighted by Gasteiger charge is 2.30. The number of hydrogen-bond acceptors (Lipinski definition) is 3. The Bertz CT molecular complexity index is 961. The van der Waals surface area contributed by atoms with Gasteiger partial charge in [0.15, 0.2) is 0 Å². The lowest BCUT2D eigenvalue weighted by Gasteiger charge is -2.33. The van der Waals surface area contributed by atoms with Gasteiger partial charge in [0.25, 0.3) is 0 Å². The molecule has 3 rings (SSSR count). The van der Waals surface area contributed by atoms with E-state index in [9.17, 15) is 4.79 Å². The topological polar surface area (TPSA) is 74.0 Å². The number of methoxy groups -OCH3 is 1. The summed E-state index contributed by atoms with van der Waals surface area (Å²) in [5.41, 5.74) is 6.93. The minimum atomic E-state index is -0.168. The third kappa shape index (κ3) is 5.34. The summed E-state index contributed by atoms with van der Waals surface area (Å²) in [6.07, 6.45) is 6.88. The lowest BCUT2D eigenvalue weighted by atomic mass is 9.88. The molecule has 0 fully saturated rings. The summed E-state index contributed by atoms with van der Waals surface area (Å²) in [6, 6.07) is 2.23. The number of amides is 1. The van der Waals surface area contributed by atoms with Crippen molar-refractivity contribution in [3.05, 3.63) is 34.7 Å². The van der Waals surface area contributed by atoms with E-state index in [0.29, 0.717) is 18.9 Å². The van der Waals surface area contributed by atoms with Crippen LogP contribution in [0.25, 0.3) is 17.5 Å². The van der Waals surface area contributed by atoms with Crippen molar-refractivity contribution in [1.82, 2.24) is 20.1 Å². The number of likely N-dealkylation sites (N-methyl/N-ethyl adjacent to an activating group) is 1.